The maximum atomic E-state index is 12.0. The van der Waals surface area contributed by atoms with Gasteiger partial charge in [0.1, 0.15) is 6.04 Å². The molecule has 1 fully saturated rings. The van der Waals surface area contributed by atoms with Crippen LogP contribution in [0.15, 0.2) is 22.8 Å². The highest BCUT2D eigenvalue weighted by molar-refractivity contribution is 5.91. The van der Waals surface area contributed by atoms with E-state index in [0.717, 1.165) is 0 Å². The summed E-state index contributed by atoms with van der Waals surface area (Å²) < 4.78 is 5.08. The Balaban J connectivity index is 1.92. The van der Waals surface area contributed by atoms with Crippen LogP contribution in [0, 0.1) is 0 Å². The Labute approximate surface area is 111 Å². The summed E-state index contributed by atoms with van der Waals surface area (Å²) in [6.45, 7) is 4.08. The fourth-order valence-electron chi connectivity index (χ4n) is 2.38. The number of carbonyl (C=O) groups is 2. The number of carbonyl (C=O) groups excluding carboxylic acids is 1. The molecule has 1 N–H and O–H groups in total. The Morgan fingerprint density at radius 1 is 1.37 bits per heavy atom. The normalized spacial score (nSPS) is 18.3. The Morgan fingerprint density at radius 2 is 2.05 bits per heavy atom. The van der Waals surface area contributed by atoms with Gasteiger partial charge in [0.15, 0.2) is 5.76 Å². The fourth-order valence-corrected chi connectivity index (χ4v) is 2.38. The second-order valence-electron chi connectivity index (χ2n) is 4.57. The fraction of sp³-hybridized carbons (Fsp3) is 0.538. The first-order chi connectivity index (χ1) is 9.13. The lowest BCUT2D eigenvalue weighted by molar-refractivity contribution is -0.144. The third kappa shape index (κ3) is 2.96. The molecule has 1 aliphatic rings. The van der Waals surface area contributed by atoms with E-state index in [1.165, 1.54) is 6.26 Å². The molecule has 6 nitrogen and oxygen atoms in total. The molecule has 2 rings (SSSR count). The number of rotatable bonds is 4. The summed E-state index contributed by atoms with van der Waals surface area (Å²) in [4.78, 5) is 26.7. The van der Waals surface area contributed by atoms with E-state index in [9.17, 15) is 9.59 Å². The van der Waals surface area contributed by atoms with Gasteiger partial charge in [-0.1, -0.05) is 6.92 Å². The van der Waals surface area contributed by atoms with Crippen molar-refractivity contribution in [2.45, 2.75) is 19.4 Å². The molecular weight excluding hydrogens is 248 g/mol. The summed E-state index contributed by atoms with van der Waals surface area (Å²) in [6, 6.07) is 2.86. The van der Waals surface area contributed by atoms with E-state index in [4.69, 9.17) is 9.52 Å². The molecule has 2 heterocycles. The Bertz CT molecular complexity index is 436. The third-order valence-corrected chi connectivity index (χ3v) is 3.45. The van der Waals surface area contributed by atoms with Crippen LogP contribution >= 0.6 is 0 Å². The first-order valence-electron chi connectivity index (χ1n) is 6.43. The van der Waals surface area contributed by atoms with Gasteiger partial charge in [-0.05, 0) is 18.6 Å². The summed E-state index contributed by atoms with van der Waals surface area (Å²) in [5.74, 6) is -0.597. The van der Waals surface area contributed by atoms with Crippen molar-refractivity contribution in [2.24, 2.45) is 0 Å². The predicted molar refractivity (Wildman–Crippen MR) is 67.9 cm³/mol. The maximum Gasteiger partial charge on any atom is 0.320 e. The molecule has 1 aromatic heterocycles. The van der Waals surface area contributed by atoms with Gasteiger partial charge < -0.3 is 14.4 Å². The molecule has 1 atom stereocenters. The van der Waals surface area contributed by atoms with Crippen molar-refractivity contribution >= 4 is 11.9 Å². The quantitative estimate of drug-likeness (QED) is 0.876. The van der Waals surface area contributed by atoms with Gasteiger partial charge in [-0.3, -0.25) is 14.5 Å². The van der Waals surface area contributed by atoms with E-state index >= 15 is 0 Å². The van der Waals surface area contributed by atoms with Crippen molar-refractivity contribution in [3.05, 3.63) is 24.2 Å². The number of amides is 1. The molecular formula is C13H18N2O4. The van der Waals surface area contributed by atoms with Crippen LogP contribution in [-0.4, -0.2) is 59.0 Å². The van der Waals surface area contributed by atoms with E-state index in [1.54, 1.807) is 17.0 Å². The number of piperazine rings is 1. The van der Waals surface area contributed by atoms with Crippen molar-refractivity contribution < 1.29 is 19.1 Å². The predicted octanol–water partition coefficient (Wildman–Crippen LogP) is 0.901. The lowest BCUT2D eigenvalue weighted by atomic mass is 10.1. The monoisotopic (exact) mass is 266 g/mol. The molecule has 0 aromatic carbocycles. The van der Waals surface area contributed by atoms with Gasteiger partial charge in [-0.25, -0.2) is 0 Å². The SMILES string of the molecule is CCC(C(=O)O)N1CCN(C(=O)c2ccco2)CC1. The maximum absolute atomic E-state index is 12.0. The second-order valence-corrected chi connectivity index (χ2v) is 4.57. The van der Waals surface area contributed by atoms with Gasteiger partial charge in [-0.2, -0.15) is 0 Å². The first kappa shape index (κ1) is 13.6. The lowest BCUT2D eigenvalue weighted by Gasteiger charge is -2.37. The van der Waals surface area contributed by atoms with E-state index in [2.05, 4.69) is 0 Å². The first-order valence-corrected chi connectivity index (χ1v) is 6.43. The topological polar surface area (TPSA) is 74.0 Å². The minimum atomic E-state index is -0.798. The largest absolute Gasteiger partial charge is 0.480 e. The zero-order chi connectivity index (χ0) is 13.8. The van der Waals surface area contributed by atoms with Gasteiger partial charge >= 0.3 is 5.97 Å². The summed E-state index contributed by atoms with van der Waals surface area (Å²) in [6.07, 6.45) is 2.04. The highest BCUT2D eigenvalue weighted by atomic mass is 16.4. The minimum absolute atomic E-state index is 0.131. The molecule has 6 heteroatoms. The molecule has 0 radical (unpaired) electrons. The molecule has 1 aromatic rings. The third-order valence-electron chi connectivity index (χ3n) is 3.45. The smallest absolute Gasteiger partial charge is 0.320 e. The summed E-state index contributed by atoms with van der Waals surface area (Å²) >= 11 is 0. The van der Waals surface area contributed by atoms with Gasteiger partial charge in [0.05, 0.1) is 6.26 Å². The number of nitrogens with zero attached hydrogens (tertiary/aromatic N) is 2. The van der Waals surface area contributed by atoms with Gasteiger partial charge in [0, 0.05) is 26.2 Å². The van der Waals surface area contributed by atoms with Gasteiger partial charge in [0.2, 0.25) is 0 Å². The van der Waals surface area contributed by atoms with E-state index in [0.29, 0.717) is 38.4 Å². The van der Waals surface area contributed by atoms with Gasteiger partial charge in [-0.15, -0.1) is 0 Å². The van der Waals surface area contributed by atoms with Crippen LogP contribution in [0.5, 0.6) is 0 Å². The van der Waals surface area contributed by atoms with Crippen LogP contribution in [0.2, 0.25) is 0 Å². The average Bonchev–Trinajstić information content (AvgIpc) is 2.93. The highest BCUT2D eigenvalue weighted by Crippen LogP contribution is 2.12. The molecule has 19 heavy (non-hydrogen) atoms. The Hall–Kier alpha value is -1.82. The van der Waals surface area contributed by atoms with Crippen LogP contribution in [0.3, 0.4) is 0 Å². The van der Waals surface area contributed by atoms with Crippen molar-refractivity contribution in [3.63, 3.8) is 0 Å². The van der Waals surface area contributed by atoms with Crippen LogP contribution in [0.4, 0.5) is 0 Å². The number of hydrogen-bond acceptors (Lipinski definition) is 4. The van der Waals surface area contributed by atoms with Crippen LogP contribution in [-0.2, 0) is 4.79 Å². The van der Waals surface area contributed by atoms with Crippen LogP contribution in [0.25, 0.3) is 0 Å². The summed E-state index contributed by atoms with van der Waals surface area (Å²) in [7, 11) is 0. The van der Waals surface area contributed by atoms with Crippen molar-refractivity contribution in [2.75, 3.05) is 26.2 Å². The molecule has 1 saturated heterocycles. The molecule has 104 valence electrons. The van der Waals surface area contributed by atoms with E-state index in [1.807, 2.05) is 11.8 Å². The van der Waals surface area contributed by atoms with Crippen LogP contribution < -0.4 is 0 Å². The Morgan fingerprint density at radius 3 is 2.53 bits per heavy atom. The second kappa shape index (κ2) is 5.88. The number of carboxylic acid groups (broad SMARTS) is 1. The molecule has 0 bridgehead atoms. The van der Waals surface area contributed by atoms with E-state index < -0.39 is 12.0 Å². The summed E-state index contributed by atoms with van der Waals surface area (Å²) in [5, 5.41) is 9.11. The average molecular weight is 266 g/mol. The lowest BCUT2D eigenvalue weighted by Crippen LogP contribution is -2.53. The van der Waals surface area contributed by atoms with E-state index in [-0.39, 0.29) is 5.91 Å². The standard InChI is InChI=1S/C13H18N2O4/c1-2-10(13(17)18)14-5-7-15(8-6-14)12(16)11-4-3-9-19-11/h3-4,9-10H,2,5-8H2,1H3,(H,17,18). The Kier molecular flexibility index (Phi) is 4.21. The van der Waals surface area contributed by atoms with Crippen molar-refractivity contribution in [1.82, 2.24) is 9.80 Å². The zero-order valence-electron chi connectivity index (χ0n) is 10.9. The minimum Gasteiger partial charge on any atom is -0.480 e. The molecule has 0 saturated carbocycles. The summed E-state index contributed by atoms with van der Waals surface area (Å²) in [5.41, 5.74) is 0. The molecule has 1 aliphatic heterocycles. The number of aliphatic carboxylic acids is 1. The van der Waals surface area contributed by atoms with Crippen LogP contribution in [0.1, 0.15) is 23.9 Å². The number of hydrogen-bond donors (Lipinski definition) is 1. The molecule has 1 unspecified atom stereocenters. The number of furan rings is 1. The van der Waals surface area contributed by atoms with Crippen molar-refractivity contribution in [1.29, 1.82) is 0 Å². The van der Waals surface area contributed by atoms with Gasteiger partial charge in [0.25, 0.3) is 5.91 Å². The molecule has 0 aliphatic carbocycles. The molecule has 1 amide bonds. The molecule has 0 spiro atoms. The van der Waals surface area contributed by atoms with Crippen molar-refractivity contribution in [3.8, 4) is 0 Å². The number of carboxylic acids is 1. The zero-order valence-corrected chi connectivity index (χ0v) is 10.9. The highest BCUT2D eigenvalue weighted by Gasteiger charge is 2.29.